The first-order valence-corrected chi connectivity index (χ1v) is 8.30. The van der Waals surface area contributed by atoms with Gasteiger partial charge in [0.2, 0.25) is 0 Å². The fourth-order valence-corrected chi connectivity index (χ4v) is 2.20. The number of methoxy groups -OCH3 is 1. The average molecular weight is 394 g/mol. The Hall–Kier alpha value is -2.21. The highest BCUT2D eigenvalue weighted by atomic mass is 79.9. The summed E-state index contributed by atoms with van der Waals surface area (Å²) in [5, 5.41) is 2.83. The number of amides is 1. The Balaban J connectivity index is 1.69. The van der Waals surface area contributed by atoms with Crippen molar-refractivity contribution in [2.75, 3.05) is 20.3 Å². The molecule has 2 aromatic carbocycles. The molecular formula is C18H20BrNO4. The highest BCUT2D eigenvalue weighted by Gasteiger charge is 2.09. The van der Waals surface area contributed by atoms with E-state index < -0.39 is 0 Å². The lowest BCUT2D eigenvalue weighted by Crippen LogP contribution is -2.39. The minimum Gasteiger partial charge on any atom is -0.497 e. The third-order valence-electron chi connectivity index (χ3n) is 3.15. The van der Waals surface area contributed by atoms with Gasteiger partial charge in [0, 0.05) is 4.47 Å². The Bertz CT molecular complexity index is 643. The van der Waals surface area contributed by atoms with E-state index in [-0.39, 0.29) is 18.6 Å². The Kier molecular flexibility index (Phi) is 6.93. The molecule has 0 saturated carbocycles. The number of hydrogen-bond acceptors (Lipinski definition) is 4. The normalized spacial score (nSPS) is 11.5. The van der Waals surface area contributed by atoms with Crippen molar-refractivity contribution in [1.29, 1.82) is 0 Å². The second kappa shape index (κ2) is 9.17. The van der Waals surface area contributed by atoms with Gasteiger partial charge in [-0.2, -0.15) is 0 Å². The first kappa shape index (κ1) is 18.1. The van der Waals surface area contributed by atoms with Crippen LogP contribution in [0.1, 0.15) is 6.92 Å². The molecular weight excluding hydrogens is 374 g/mol. The number of hydrogen-bond donors (Lipinski definition) is 1. The molecule has 0 bridgehead atoms. The van der Waals surface area contributed by atoms with E-state index in [0.29, 0.717) is 12.4 Å². The molecule has 0 fully saturated rings. The van der Waals surface area contributed by atoms with E-state index in [0.717, 1.165) is 16.0 Å². The minimum atomic E-state index is -0.191. The summed E-state index contributed by atoms with van der Waals surface area (Å²) in [5.74, 6) is 1.95. The maximum atomic E-state index is 11.9. The van der Waals surface area contributed by atoms with Crippen molar-refractivity contribution >= 4 is 21.8 Å². The number of halogens is 1. The fourth-order valence-electron chi connectivity index (χ4n) is 1.93. The first-order chi connectivity index (χ1) is 11.6. The molecule has 1 amide bonds. The number of rotatable bonds is 8. The molecule has 6 heteroatoms. The van der Waals surface area contributed by atoms with E-state index in [1.165, 1.54) is 0 Å². The Morgan fingerprint density at radius 3 is 2.17 bits per heavy atom. The van der Waals surface area contributed by atoms with Crippen molar-refractivity contribution in [3.05, 3.63) is 53.0 Å². The van der Waals surface area contributed by atoms with E-state index in [1.807, 2.05) is 43.3 Å². The summed E-state index contributed by atoms with van der Waals surface area (Å²) in [6.45, 7) is 2.21. The topological polar surface area (TPSA) is 56.8 Å². The maximum Gasteiger partial charge on any atom is 0.258 e. The van der Waals surface area contributed by atoms with Crippen LogP contribution in [0.25, 0.3) is 0 Å². The Morgan fingerprint density at radius 2 is 1.54 bits per heavy atom. The SMILES string of the molecule is COc1ccc(OC[C@H](C)NC(=O)COc2ccc(Br)cc2)cc1. The third kappa shape index (κ3) is 6.12. The van der Waals surface area contributed by atoms with Gasteiger partial charge >= 0.3 is 0 Å². The summed E-state index contributed by atoms with van der Waals surface area (Å²) >= 11 is 3.35. The molecule has 0 aliphatic heterocycles. The fraction of sp³-hybridized carbons (Fsp3) is 0.278. The minimum absolute atomic E-state index is 0.0332. The van der Waals surface area contributed by atoms with E-state index in [9.17, 15) is 4.79 Å². The zero-order valence-electron chi connectivity index (χ0n) is 13.6. The zero-order valence-corrected chi connectivity index (χ0v) is 15.2. The Labute approximate surface area is 150 Å². The predicted octanol–water partition coefficient (Wildman–Crippen LogP) is 3.42. The maximum absolute atomic E-state index is 11.9. The van der Waals surface area contributed by atoms with E-state index >= 15 is 0 Å². The van der Waals surface area contributed by atoms with Crippen molar-refractivity contribution < 1.29 is 19.0 Å². The second-order valence-corrected chi connectivity index (χ2v) is 6.11. The molecule has 24 heavy (non-hydrogen) atoms. The van der Waals surface area contributed by atoms with Crippen LogP contribution in [-0.4, -0.2) is 32.3 Å². The van der Waals surface area contributed by atoms with Crippen molar-refractivity contribution in [2.24, 2.45) is 0 Å². The summed E-state index contributed by atoms with van der Waals surface area (Å²) in [6, 6.07) is 14.5. The van der Waals surface area contributed by atoms with E-state index in [1.54, 1.807) is 19.2 Å². The standard InChI is InChI=1S/C18H20BrNO4/c1-13(11-23-17-9-7-15(22-2)8-10-17)20-18(21)12-24-16-5-3-14(19)4-6-16/h3-10,13H,11-12H2,1-2H3,(H,20,21)/t13-/m0/s1. The average Bonchev–Trinajstić information content (AvgIpc) is 2.60. The highest BCUT2D eigenvalue weighted by molar-refractivity contribution is 9.10. The van der Waals surface area contributed by atoms with Crippen molar-refractivity contribution in [1.82, 2.24) is 5.32 Å². The summed E-state index contributed by atoms with van der Waals surface area (Å²) in [7, 11) is 1.61. The van der Waals surface area contributed by atoms with Gasteiger partial charge in [0.1, 0.15) is 23.9 Å². The summed E-state index contributed by atoms with van der Waals surface area (Å²) < 4.78 is 17.1. The summed E-state index contributed by atoms with van der Waals surface area (Å²) in [6.07, 6.45) is 0. The van der Waals surface area contributed by atoms with E-state index in [4.69, 9.17) is 14.2 Å². The van der Waals surface area contributed by atoms with Crippen LogP contribution in [0.5, 0.6) is 17.2 Å². The molecule has 2 rings (SSSR count). The van der Waals surface area contributed by atoms with Gasteiger partial charge < -0.3 is 19.5 Å². The van der Waals surface area contributed by atoms with Gasteiger partial charge in [0.15, 0.2) is 6.61 Å². The van der Waals surface area contributed by atoms with Crippen LogP contribution >= 0.6 is 15.9 Å². The molecule has 0 unspecified atom stereocenters. The van der Waals surface area contributed by atoms with Gasteiger partial charge in [0.25, 0.3) is 5.91 Å². The molecule has 0 spiro atoms. The third-order valence-corrected chi connectivity index (χ3v) is 3.68. The predicted molar refractivity (Wildman–Crippen MR) is 95.7 cm³/mol. The van der Waals surface area contributed by atoms with Crippen LogP contribution in [0.15, 0.2) is 53.0 Å². The van der Waals surface area contributed by atoms with Crippen LogP contribution in [0, 0.1) is 0 Å². The second-order valence-electron chi connectivity index (χ2n) is 5.20. The van der Waals surface area contributed by atoms with Crippen LogP contribution in [0.4, 0.5) is 0 Å². The van der Waals surface area contributed by atoms with Gasteiger partial charge in [-0.15, -0.1) is 0 Å². The lowest BCUT2D eigenvalue weighted by atomic mass is 10.3. The lowest BCUT2D eigenvalue weighted by molar-refractivity contribution is -0.123. The smallest absolute Gasteiger partial charge is 0.258 e. The van der Waals surface area contributed by atoms with Gasteiger partial charge in [-0.25, -0.2) is 0 Å². The molecule has 128 valence electrons. The van der Waals surface area contributed by atoms with Crippen LogP contribution in [0.3, 0.4) is 0 Å². The Morgan fingerprint density at radius 1 is 1.00 bits per heavy atom. The molecule has 1 atom stereocenters. The number of nitrogens with one attached hydrogen (secondary N) is 1. The number of carbonyl (C=O) groups excluding carboxylic acids is 1. The molecule has 0 aliphatic carbocycles. The molecule has 0 heterocycles. The van der Waals surface area contributed by atoms with Crippen molar-refractivity contribution in [3.8, 4) is 17.2 Å². The lowest BCUT2D eigenvalue weighted by Gasteiger charge is -2.15. The molecule has 5 nitrogen and oxygen atoms in total. The highest BCUT2D eigenvalue weighted by Crippen LogP contribution is 2.17. The molecule has 1 N–H and O–H groups in total. The molecule has 0 radical (unpaired) electrons. The number of benzene rings is 2. The van der Waals surface area contributed by atoms with Crippen molar-refractivity contribution in [3.63, 3.8) is 0 Å². The van der Waals surface area contributed by atoms with Gasteiger partial charge in [-0.3, -0.25) is 4.79 Å². The molecule has 0 saturated heterocycles. The molecule has 2 aromatic rings. The summed E-state index contributed by atoms with van der Waals surface area (Å²) in [5.41, 5.74) is 0. The van der Waals surface area contributed by atoms with Crippen molar-refractivity contribution in [2.45, 2.75) is 13.0 Å². The van der Waals surface area contributed by atoms with Crippen LogP contribution in [-0.2, 0) is 4.79 Å². The van der Waals surface area contributed by atoms with Gasteiger partial charge in [0.05, 0.1) is 13.2 Å². The van der Waals surface area contributed by atoms with Crippen LogP contribution in [0.2, 0.25) is 0 Å². The van der Waals surface area contributed by atoms with Crippen LogP contribution < -0.4 is 19.5 Å². The largest absolute Gasteiger partial charge is 0.497 e. The number of ether oxygens (including phenoxy) is 3. The quantitative estimate of drug-likeness (QED) is 0.746. The molecule has 0 aliphatic rings. The first-order valence-electron chi connectivity index (χ1n) is 7.51. The van der Waals surface area contributed by atoms with Gasteiger partial charge in [-0.1, -0.05) is 15.9 Å². The summed E-state index contributed by atoms with van der Waals surface area (Å²) in [4.78, 5) is 11.9. The number of carbonyl (C=O) groups is 1. The van der Waals surface area contributed by atoms with Gasteiger partial charge in [-0.05, 0) is 55.5 Å². The monoisotopic (exact) mass is 393 g/mol. The molecule has 0 aromatic heterocycles. The zero-order chi connectivity index (χ0) is 17.4. The van der Waals surface area contributed by atoms with E-state index in [2.05, 4.69) is 21.2 Å².